The Balaban J connectivity index is 2.39. The monoisotopic (exact) mass is 263 g/mol. The highest BCUT2D eigenvalue weighted by molar-refractivity contribution is 5.26. The normalized spacial score (nSPS) is 31.8. The molecule has 0 amide bonds. The van der Waals surface area contributed by atoms with Gasteiger partial charge in [-0.25, -0.2) is 13.6 Å². The highest BCUT2D eigenvalue weighted by atomic mass is 19.1. The van der Waals surface area contributed by atoms with Crippen LogP contribution in [-0.2, 0) is 4.74 Å². The first kappa shape index (κ1) is 12.9. The van der Waals surface area contributed by atoms with E-state index in [1.54, 1.807) is 0 Å². The average Bonchev–Trinajstić information content (AvgIpc) is 2.61. The second kappa shape index (κ2) is 4.59. The minimum atomic E-state index is -1.98. The number of aliphatic hydroxyl groups excluding tert-OH is 2. The predicted molar refractivity (Wildman–Crippen MR) is 54.8 cm³/mol. The van der Waals surface area contributed by atoms with Crippen LogP contribution in [0.25, 0.3) is 0 Å². The van der Waals surface area contributed by atoms with Crippen molar-refractivity contribution in [2.45, 2.75) is 24.6 Å². The molecule has 0 aliphatic carbocycles. The topological polar surface area (TPSA) is 111 Å². The Morgan fingerprint density at radius 3 is 2.83 bits per heavy atom. The fraction of sp³-hybridized carbons (Fsp3) is 0.556. The van der Waals surface area contributed by atoms with Crippen LogP contribution in [0.1, 0.15) is 6.23 Å². The maximum atomic E-state index is 13.7. The number of ether oxygens (including phenoxy) is 1. The minimum Gasteiger partial charge on any atom is -0.394 e. The molecule has 2 rings (SSSR count). The van der Waals surface area contributed by atoms with Gasteiger partial charge in [0.05, 0.1) is 12.8 Å². The summed E-state index contributed by atoms with van der Waals surface area (Å²) in [6.45, 7) is -0.627. The summed E-state index contributed by atoms with van der Waals surface area (Å²) in [5, 5.41) is 18.2. The van der Waals surface area contributed by atoms with Crippen LogP contribution in [-0.4, -0.2) is 44.8 Å². The van der Waals surface area contributed by atoms with Gasteiger partial charge >= 0.3 is 5.69 Å². The lowest BCUT2D eigenvalue weighted by Gasteiger charge is -2.15. The number of rotatable bonds is 2. The summed E-state index contributed by atoms with van der Waals surface area (Å²) in [4.78, 5) is 14.6. The molecule has 0 saturated carbocycles. The summed E-state index contributed by atoms with van der Waals surface area (Å²) in [6, 6.07) is 0. The molecule has 4 atom stereocenters. The number of alkyl halides is 1. The van der Waals surface area contributed by atoms with E-state index in [-0.39, 0.29) is 0 Å². The first-order valence-corrected chi connectivity index (χ1v) is 5.08. The fourth-order valence-electron chi connectivity index (χ4n) is 1.72. The Morgan fingerprint density at radius 1 is 1.61 bits per heavy atom. The van der Waals surface area contributed by atoms with Gasteiger partial charge in [0.1, 0.15) is 12.2 Å². The third-order valence-corrected chi connectivity index (χ3v) is 2.68. The predicted octanol–water partition coefficient (Wildman–Crippen LogP) is -1.45. The Hall–Kier alpha value is -1.58. The smallest absolute Gasteiger partial charge is 0.351 e. The molecule has 0 radical (unpaired) electrons. The van der Waals surface area contributed by atoms with Gasteiger partial charge in [-0.05, 0) is 0 Å². The van der Waals surface area contributed by atoms with E-state index < -0.39 is 48.5 Å². The number of aromatic nitrogens is 2. The molecule has 0 spiro atoms. The van der Waals surface area contributed by atoms with Crippen LogP contribution < -0.4 is 11.4 Å². The molecule has 7 nitrogen and oxygen atoms in total. The van der Waals surface area contributed by atoms with Crippen LogP contribution >= 0.6 is 0 Å². The van der Waals surface area contributed by atoms with E-state index in [2.05, 4.69) is 4.98 Å². The Bertz CT molecular complexity index is 509. The highest BCUT2D eigenvalue weighted by Crippen LogP contribution is 2.30. The van der Waals surface area contributed by atoms with Crippen molar-refractivity contribution in [2.24, 2.45) is 0 Å². The lowest BCUT2D eigenvalue weighted by atomic mass is 10.1. The van der Waals surface area contributed by atoms with Gasteiger partial charge in [-0.2, -0.15) is 4.98 Å². The van der Waals surface area contributed by atoms with Gasteiger partial charge in [0.25, 0.3) is 0 Å². The van der Waals surface area contributed by atoms with Crippen LogP contribution in [0.4, 0.5) is 14.6 Å². The maximum Gasteiger partial charge on any atom is 0.351 e. The molecule has 1 aliphatic rings. The molecule has 4 N–H and O–H groups in total. The molecule has 1 aromatic rings. The van der Waals surface area contributed by atoms with Gasteiger partial charge in [0, 0.05) is 0 Å². The van der Waals surface area contributed by atoms with Crippen molar-refractivity contribution >= 4 is 5.82 Å². The van der Waals surface area contributed by atoms with Crippen molar-refractivity contribution < 1.29 is 23.7 Å². The number of hydrogen-bond donors (Lipinski definition) is 3. The number of nitrogens with two attached hydrogens (primary N) is 1. The number of anilines is 1. The quantitative estimate of drug-likeness (QED) is 0.602. The van der Waals surface area contributed by atoms with Gasteiger partial charge < -0.3 is 20.7 Å². The summed E-state index contributed by atoms with van der Waals surface area (Å²) in [7, 11) is 0. The number of nitrogen functional groups attached to an aromatic ring is 1. The third kappa shape index (κ3) is 1.96. The van der Waals surface area contributed by atoms with Crippen LogP contribution in [0.15, 0.2) is 11.0 Å². The summed E-state index contributed by atoms with van der Waals surface area (Å²) in [5.74, 6) is -1.61. The number of halogens is 2. The largest absolute Gasteiger partial charge is 0.394 e. The molecule has 18 heavy (non-hydrogen) atoms. The van der Waals surface area contributed by atoms with E-state index in [1.165, 1.54) is 0 Å². The maximum absolute atomic E-state index is 13.7. The number of hydrogen-bond acceptors (Lipinski definition) is 6. The first-order valence-electron chi connectivity index (χ1n) is 5.08. The Labute approximate surface area is 99.4 Å². The average molecular weight is 263 g/mol. The van der Waals surface area contributed by atoms with Crippen LogP contribution in [0.2, 0.25) is 0 Å². The third-order valence-electron chi connectivity index (χ3n) is 2.68. The van der Waals surface area contributed by atoms with Gasteiger partial charge in [0.2, 0.25) is 0 Å². The Kier molecular flexibility index (Phi) is 3.28. The number of nitrogens with zero attached hydrogens (tertiary/aromatic N) is 2. The first-order chi connectivity index (χ1) is 8.45. The van der Waals surface area contributed by atoms with E-state index in [9.17, 15) is 18.7 Å². The minimum absolute atomic E-state index is 0.551. The summed E-state index contributed by atoms with van der Waals surface area (Å²) in [6.07, 6.45) is -5.67. The standard InChI is InChI=1S/C9H11F2N3O4/c10-3-1-14(9(17)13-7(3)12)8-5(11)6(16)4(2-15)18-8/h1,4-6,8,15-16H,2H2,(H2,12,13,17)/t4-,5?,6?,8-/m1/s1. The van der Waals surface area contributed by atoms with E-state index in [0.717, 1.165) is 0 Å². The second-order valence-corrected chi connectivity index (χ2v) is 3.85. The van der Waals surface area contributed by atoms with Crippen LogP contribution in [0, 0.1) is 5.82 Å². The zero-order valence-corrected chi connectivity index (χ0v) is 9.03. The van der Waals surface area contributed by atoms with Gasteiger partial charge in [-0.15, -0.1) is 0 Å². The molecule has 2 heterocycles. The van der Waals surface area contributed by atoms with E-state index in [0.29, 0.717) is 10.8 Å². The molecule has 0 aromatic carbocycles. The van der Waals surface area contributed by atoms with Crippen LogP contribution in [0.3, 0.4) is 0 Å². The van der Waals surface area contributed by atoms with Crippen molar-refractivity contribution in [3.05, 3.63) is 22.5 Å². The highest BCUT2D eigenvalue weighted by Gasteiger charge is 2.45. The van der Waals surface area contributed by atoms with Crippen molar-refractivity contribution in [3.8, 4) is 0 Å². The molecule has 0 bridgehead atoms. The zero-order chi connectivity index (χ0) is 13.4. The molecule has 2 unspecified atom stereocenters. The molecular formula is C9H11F2N3O4. The number of aliphatic hydroxyl groups is 2. The van der Waals surface area contributed by atoms with E-state index in [1.807, 2.05) is 0 Å². The fourth-order valence-corrected chi connectivity index (χ4v) is 1.72. The van der Waals surface area contributed by atoms with E-state index >= 15 is 0 Å². The van der Waals surface area contributed by atoms with E-state index in [4.69, 9.17) is 15.6 Å². The summed E-state index contributed by atoms with van der Waals surface area (Å²) in [5.41, 5.74) is 4.07. The van der Waals surface area contributed by atoms with Gasteiger partial charge in [0.15, 0.2) is 24.0 Å². The van der Waals surface area contributed by atoms with Crippen LogP contribution in [0.5, 0.6) is 0 Å². The summed E-state index contributed by atoms with van der Waals surface area (Å²) < 4.78 is 32.4. The Morgan fingerprint density at radius 2 is 2.28 bits per heavy atom. The molecule has 1 saturated heterocycles. The molecule has 9 heteroatoms. The lowest BCUT2D eigenvalue weighted by Crippen LogP contribution is -2.34. The van der Waals surface area contributed by atoms with Gasteiger partial charge in [-0.3, -0.25) is 4.57 Å². The molecule has 100 valence electrons. The SMILES string of the molecule is Nc1nc(=O)n([C@@H]2O[C@H](CO)C(O)C2F)cc1F. The zero-order valence-electron chi connectivity index (χ0n) is 9.03. The van der Waals surface area contributed by atoms with Crippen molar-refractivity contribution in [3.63, 3.8) is 0 Å². The molecular weight excluding hydrogens is 252 g/mol. The van der Waals surface area contributed by atoms with Crippen molar-refractivity contribution in [1.29, 1.82) is 0 Å². The summed E-state index contributed by atoms with van der Waals surface area (Å²) >= 11 is 0. The molecule has 1 aliphatic heterocycles. The van der Waals surface area contributed by atoms with Crippen molar-refractivity contribution in [1.82, 2.24) is 9.55 Å². The second-order valence-electron chi connectivity index (χ2n) is 3.85. The van der Waals surface area contributed by atoms with Gasteiger partial charge in [-0.1, -0.05) is 0 Å². The lowest BCUT2D eigenvalue weighted by molar-refractivity contribution is -0.0494. The van der Waals surface area contributed by atoms with Crippen molar-refractivity contribution in [2.75, 3.05) is 12.3 Å². The molecule has 1 aromatic heterocycles. The molecule has 1 fully saturated rings.